The molecule has 160 valence electrons. The lowest BCUT2D eigenvalue weighted by Crippen LogP contribution is -2.31. The van der Waals surface area contributed by atoms with Gasteiger partial charge in [0.15, 0.2) is 0 Å². The van der Waals surface area contributed by atoms with Gasteiger partial charge in [-0.2, -0.15) is 0 Å². The van der Waals surface area contributed by atoms with E-state index in [1.165, 1.54) is 6.92 Å². The van der Waals surface area contributed by atoms with Crippen LogP contribution in [0.2, 0.25) is 0 Å². The smallest absolute Gasteiger partial charge is 0.255 e. The van der Waals surface area contributed by atoms with E-state index >= 15 is 0 Å². The summed E-state index contributed by atoms with van der Waals surface area (Å²) in [6.07, 6.45) is -1.29. The highest BCUT2D eigenvalue weighted by atomic mass is 19.3. The third-order valence-corrected chi connectivity index (χ3v) is 5.64. The quantitative estimate of drug-likeness (QED) is 0.726. The van der Waals surface area contributed by atoms with Gasteiger partial charge in [0.1, 0.15) is 11.9 Å². The predicted octanol–water partition coefficient (Wildman–Crippen LogP) is 4.38. The minimum absolute atomic E-state index is 0.0349. The van der Waals surface area contributed by atoms with Gasteiger partial charge >= 0.3 is 0 Å². The fraction of sp³-hybridized carbons (Fsp3) is 0.435. The number of rotatable bonds is 7. The molecule has 0 radical (unpaired) electrons. The maximum absolute atomic E-state index is 14.8. The summed E-state index contributed by atoms with van der Waals surface area (Å²) in [5.74, 6) is -2.96. The fourth-order valence-electron chi connectivity index (χ4n) is 3.74. The molecule has 1 amide bonds. The monoisotopic (exact) mass is 418 g/mol. The molecule has 2 aromatic rings. The van der Waals surface area contributed by atoms with E-state index in [4.69, 9.17) is 4.74 Å². The number of benzene rings is 2. The molecule has 0 spiro atoms. The Hall–Kier alpha value is -2.54. The number of nitrogens with zero attached hydrogens (tertiary/aromatic N) is 1. The molecule has 4 nitrogen and oxygen atoms in total. The number of hydrogen-bond acceptors (Lipinski definition) is 3. The van der Waals surface area contributed by atoms with Crippen LogP contribution in [0.25, 0.3) is 0 Å². The summed E-state index contributed by atoms with van der Waals surface area (Å²) >= 11 is 0. The lowest BCUT2D eigenvalue weighted by molar-refractivity contribution is -0.119. The van der Waals surface area contributed by atoms with E-state index in [0.29, 0.717) is 30.9 Å². The second-order valence-electron chi connectivity index (χ2n) is 8.20. The normalized spacial score (nSPS) is 22.3. The SMILES string of the molecule is CC(=O)NCc1ccc(CN2Cc3ccc(OCC4CC4(F)F)cc3C(F)C2)cc1. The van der Waals surface area contributed by atoms with Gasteiger partial charge in [0.2, 0.25) is 5.91 Å². The number of alkyl halides is 3. The highest BCUT2D eigenvalue weighted by Gasteiger charge is 2.57. The summed E-state index contributed by atoms with van der Waals surface area (Å²) in [5.41, 5.74) is 3.55. The van der Waals surface area contributed by atoms with Crippen LogP contribution in [0.4, 0.5) is 13.2 Å². The number of carbonyl (C=O) groups excluding carboxylic acids is 1. The molecule has 0 bridgehead atoms. The van der Waals surface area contributed by atoms with Crippen molar-refractivity contribution in [1.82, 2.24) is 10.2 Å². The summed E-state index contributed by atoms with van der Waals surface area (Å²) in [5, 5.41) is 2.76. The number of nitrogens with one attached hydrogen (secondary N) is 1. The second kappa shape index (κ2) is 8.30. The number of ether oxygens (including phenoxy) is 1. The van der Waals surface area contributed by atoms with Crippen LogP contribution in [0.5, 0.6) is 5.75 Å². The number of halogens is 3. The van der Waals surface area contributed by atoms with Crippen LogP contribution in [-0.4, -0.2) is 29.9 Å². The van der Waals surface area contributed by atoms with Crippen LogP contribution in [0.1, 0.15) is 41.8 Å². The molecule has 7 heteroatoms. The first-order valence-corrected chi connectivity index (χ1v) is 10.1. The Morgan fingerprint density at radius 2 is 1.90 bits per heavy atom. The van der Waals surface area contributed by atoms with Crippen molar-refractivity contribution in [2.75, 3.05) is 13.2 Å². The molecule has 0 aromatic heterocycles. The van der Waals surface area contributed by atoms with Crippen molar-refractivity contribution in [3.63, 3.8) is 0 Å². The first-order chi connectivity index (χ1) is 14.3. The van der Waals surface area contributed by atoms with Crippen molar-refractivity contribution in [3.05, 3.63) is 64.7 Å². The Balaban J connectivity index is 1.34. The van der Waals surface area contributed by atoms with E-state index < -0.39 is 18.0 Å². The van der Waals surface area contributed by atoms with Crippen LogP contribution in [0.15, 0.2) is 42.5 Å². The van der Waals surface area contributed by atoms with Crippen molar-refractivity contribution >= 4 is 5.91 Å². The third kappa shape index (κ3) is 4.95. The Bertz CT molecular complexity index is 917. The fourth-order valence-corrected chi connectivity index (χ4v) is 3.74. The second-order valence-corrected chi connectivity index (χ2v) is 8.20. The largest absolute Gasteiger partial charge is 0.493 e. The number of amides is 1. The first-order valence-electron chi connectivity index (χ1n) is 10.1. The van der Waals surface area contributed by atoms with Crippen LogP contribution >= 0.6 is 0 Å². The van der Waals surface area contributed by atoms with Gasteiger partial charge in [-0.3, -0.25) is 9.69 Å². The first kappa shape index (κ1) is 20.7. The summed E-state index contributed by atoms with van der Waals surface area (Å²) < 4.78 is 46.3. The molecule has 0 saturated heterocycles. The standard InChI is InChI=1S/C23H25F3N2O2/c1-15(29)27-10-16-2-4-17(5-3-16)11-28-12-18-6-7-20(8-21(18)22(24)13-28)30-14-19-9-23(19,25)26/h2-8,19,22H,9-14H2,1H3,(H,27,29). The van der Waals surface area contributed by atoms with E-state index in [-0.39, 0.29) is 25.5 Å². The van der Waals surface area contributed by atoms with E-state index in [2.05, 4.69) is 5.32 Å². The van der Waals surface area contributed by atoms with E-state index in [1.807, 2.05) is 35.2 Å². The lowest BCUT2D eigenvalue weighted by atomic mass is 9.97. The van der Waals surface area contributed by atoms with Gasteiger partial charge in [0.05, 0.1) is 12.5 Å². The molecule has 1 aliphatic carbocycles. The molecule has 1 fully saturated rings. The highest BCUT2D eigenvalue weighted by Crippen LogP contribution is 2.48. The zero-order chi connectivity index (χ0) is 21.3. The number of carbonyl (C=O) groups is 1. The third-order valence-electron chi connectivity index (χ3n) is 5.64. The van der Waals surface area contributed by atoms with E-state index in [9.17, 15) is 18.0 Å². The molecule has 1 aliphatic heterocycles. The molecule has 2 aliphatic rings. The van der Waals surface area contributed by atoms with Gasteiger partial charge in [0.25, 0.3) is 5.92 Å². The zero-order valence-corrected chi connectivity index (χ0v) is 16.8. The average Bonchev–Trinajstić information content (AvgIpc) is 3.32. The summed E-state index contributed by atoms with van der Waals surface area (Å²) in [6.45, 7) is 3.44. The topological polar surface area (TPSA) is 41.6 Å². The van der Waals surface area contributed by atoms with Gasteiger partial charge in [-0.25, -0.2) is 13.2 Å². The van der Waals surface area contributed by atoms with Gasteiger partial charge in [0, 0.05) is 39.5 Å². The minimum atomic E-state index is -2.61. The highest BCUT2D eigenvalue weighted by molar-refractivity contribution is 5.72. The summed E-state index contributed by atoms with van der Waals surface area (Å²) in [7, 11) is 0. The summed E-state index contributed by atoms with van der Waals surface area (Å²) in [4.78, 5) is 13.0. The average molecular weight is 418 g/mol. The molecule has 1 heterocycles. The van der Waals surface area contributed by atoms with Crippen molar-refractivity contribution in [1.29, 1.82) is 0 Å². The van der Waals surface area contributed by atoms with Gasteiger partial charge in [-0.1, -0.05) is 30.3 Å². The molecule has 30 heavy (non-hydrogen) atoms. The van der Waals surface area contributed by atoms with Crippen molar-refractivity contribution in [2.45, 2.75) is 45.1 Å². The van der Waals surface area contributed by atoms with Crippen LogP contribution < -0.4 is 10.1 Å². The Labute approximate surface area is 174 Å². The van der Waals surface area contributed by atoms with Crippen LogP contribution in [0, 0.1) is 5.92 Å². The molecular weight excluding hydrogens is 393 g/mol. The van der Waals surface area contributed by atoms with E-state index in [1.54, 1.807) is 12.1 Å². The maximum atomic E-state index is 14.8. The molecule has 2 atom stereocenters. The molecule has 4 rings (SSSR count). The summed E-state index contributed by atoms with van der Waals surface area (Å²) in [6, 6.07) is 13.1. The lowest BCUT2D eigenvalue weighted by Gasteiger charge is -2.31. The maximum Gasteiger partial charge on any atom is 0.255 e. The molecule has 2 aromatic carbocycles. The zero-order valence-electron chi connectivity index (χ0n) is 16.8. The van der Waals surface area contributed by atoms with Gasteiger partial charge in [-0.05, 0) is 34.4 Å². The molecule has 1 N–H and O–H groups in total. The Morgan fingerprint density at radius 1 is 1.20 bits per heavy atom. The van der Waals surface area contributed by atoms with Crippen molar-refractivity contribution in [3.8, 4) is 5.75 Å². The Kier molecular flexibility index (Phi) is 5.73. The van der Waals surface area contributed by atoms with Gasteiger partial charge in [-0.15, -0.1) is 0 Å². The van der Waals surface area contributed by atoms with Crippen molar-refractivity contribution in [2.24, 2.45) is 5.92 Å². The van der Waals surface area contributed by atoms with Gasteiger partial charge < -0.3 is 10.1 Å². The number of fused-ring (bicyclic) bond motifs is 1. The minimum Gasteiger partial charge on any atom is -0.493 e. The number of hydrogen-bond donors (Lipinski definition) is 1. The van der Waals surface area contributed by atoms with Crippen molar-refractivity contribution < 1.29 is 22.7 Å². The Morgan fingerprint density at radius 3 is 2.57 bits per heavy atom. The van der Waals surface area contributed by atoms with E-state index in [0.717, 1.165) is 16.7 Å². The van der Waals surface area contributed by atoms with Crippen LogP contribution in [0.3, 0.4) is 0 Å². The molecule has 1 saturated carbocycles. The molecule has 2 unspecified atom stereocenters. The molecular formula is C23H25F3N2O2. The van der Waals surface area contributed by atoms with Crippen LogP contribution in [-0.2, 0) is 24.4 Å². The predicted molar refractivity (Wildman–Crippen MR) is 107 cm³/mol.